The van der Waals surface area contributed by atoms with Gasteiger partial charge in [-0.1, -0.05) is 6.42 Å². The van der Waals surface area contributed by atoms with Gasteiger partial charge in [0.05, 0.1) is 4.90 Å². The van der Waals surface area contributed by atoms with Crippen LogP contribution >= 0.6 is 28.3 Å². The molecule has 1 aliphatic rings. The Morgan fingerprint density at radius 2 is 2.10 bits per heavy atom. The molecule has 0 saturated heterocycles. The van der Waals surface area contributed by atoms with E-state index >= 15 is 0 Å². The lowest BCUT2D eigenvalue weighted by molar-refractivity contribution is 0.452. The molecule has 1 fully saturated rings. The van der Waals surface area contributed by atoms with E-state index < -0.39 is 15.8 Å². The van der Waals surface area contributed by atoms with E-state index in [1.54, 1.807) is 0 Å². The number of hydrogen-bond donors (Lipinski definition) is 2. The summed E-state index contributed by atoms with van der Waals surface area (Å²) in [5.74, 6) is -0.305. The zero-order chi connectivity index (χ0) is 14.0. The minimum absolute atomic E-state index is 0. The lowest BCUT2D eigenvalue weighted by atomic mass is 10.1. The molecule has 0 amide bonds. The molecule has 0 bridgehead atoms. The van der Waals surface area contributed by atoms with Crippen molar-refractivity contribution in [3.05, 3.63) is 28.5 Å². The molecule has 0 heterocycles. The standard InChI is InChI=1S/C12H16BrFN2O2S.ClH/c13-10-6-9(14)4-5-12(10)19(17,18)16-11-3-1-2-8(11)7-15;/h4-6,8,11,16H,1-3,7,15H2;1H. The molecule has 2 atom stereocenters. The van der Waals surface area contributed by atoms with Gasteiger partial charge >= 0.3 is 0 Å². The largest absolute Gasteiger partial charge is 0.330 e. The van der Waals surface area contributed by atoms with Gasteiger partial charge in [0.15, 0.2) is 0 Å². The summed E-state index contributed by atoms with van der Waals surface area (Å²) in [4.78, 5) is 0.0524. The van der Waals surface area contributed by atoms with Crippen LogP contribution in [0.25, 0.3) is 0 Å². The molecule has 1 aromatic rings. The summed E-state index contributed by atoms with van der Waals surface area (Å²) in [5, 5.41) is 0. The van der Waals surface area contributed by atoms with Crippen LogP contribution in [0.1, 0.15) is 19.3 Å². The van der Waals surface area contributed by atoms with E-state index in [0.29, 0.717) is 6.54 Å². The summed E-state index contributed by atoms with van der Waals surface area (Å²) >= 11 is 3.08. The van der Waals surface area contributed by atoms with Crippen molar-refractivity contribution < 1.29 is 12.8 Å². The Balaban J connectivity index is 0.00000200. The van der Waals surface area contributed by atoms with Gasteiger partial charge in [0.25, 0.3) is 0 Å². The van der Waals surface area contributed by atoms with Crippen molar-refractivity contribution in [2.75, 3.05) is 6.54 Å². The molecule has 2 unspecified atom stereocenters. The second-order valence-corrected chi connectivity index (χ2v) is 7.27. The zero-order valence-corrected chi connectivity index (χ0v) is 13.9. The SMILES string of the molecule is Cl.NCC1CCCC1NS(=O)(=O)c1ccc(F)cc1Br. The molecule has 1 aliphatic carbocycles. The lowest BCUT2D eigenvalue weighted by Crippen LogP contribution is -2.39. The fourth-order valence-electron chi connectivity index (χ4n) is 2.43. The summed E-state index contributed by atoms with van der Waals surface area (Å²) in [5.41, 5.74) is 5.64. The van der Waals surface area contributed by atoms with Crippen LogP contribution in [0.4, 0.5) is 4.39 Å². The molecule has 0 radical (unpaired) electrons. The summed E-state index contributed by atoms with van der Waals surface area (Å²) in [6.07, 6.45) is 2.70. The number of rotatable bonds is 4. The molecule has 0 aliphatic heterocycles. The maximum Gasteiger partial charge on any atom is 0.241 e. The molecule has 114 valence electrons. The molecule has 20 heavy (non-hydrogen) atoms. The van der Waals surface area contributed by atoms with Crippen molar-refractivity contribution in [3.8, 4) is 0 Å². The minimum atomic E-state index is -3.65. The Bertz CT molecular complexity index is 571. The maximum atomic E-state index is 13.0. The third-order valence-electron chi connectivity index (χ3n) is 3.45. The van der Waals surface area contributed by atoms with E-state index in [-0.39, 0.29) is 33.7 Å². The highest BCUT2D eigenvalue weighted by molar-refractivity contribution is 9.10. The van der Waals surface area contributed by atoms with Crippen LogP contribution in [0.2, 0.25) is 0 Å². The molecule has 0 spiro atoms. The van der Waals surface area contributed by atoms with Crippen LogP contribution in [-0.4, -0.2) is 21.0 Å². The van der Waals surface area contributed by atoms with Gasteiger partial charge in [-0.25, -0.2) is 17.5 Å². The van der Waals surface area contributed by atoms with Gasteiger partial charge in [-0.2, -0.15) is 0 Å². The fourth-order valence-corrected chi connectivity index (χ4v) is 4.82. The molecule has 2 rings (SSSR count). The monoisotopic (exact) mass is 386 g/mol. The number of nitrogens with two attached hydrogens (primary N) is 1. The van der Waals surface area contributed by atoms with Crippen molar-refractivity contribution in [2.24, 2.45) is 11.7 Å². The first-order valence-corrected chi connectivity index (χ1v) is 8.39. The van der Waals surface area contributed by atoms with Crippen molar-refractivity contribution >= 4 is 38.4 Å². The van der Waals surface area contributed by atoms with Crippen LogP contribution in [0, 0.1) is 11.7 Å². The summed E-state index contributed by atoms with van der Waals surface area (Å²) in [6.45, 7) is 0.470. The highest BCUT2D eigenvalue weighted by Gasteiger charge is 2.31. The smallest absolute Gasteiger partial charge is 0.241 e. The highest BCUT2D eigenvalue weighted by Crippen LogP contribution is 2.28. The first-order valence-electron chi connectivity index (χ1n) is 6.11. The van der Waals surface area contributed by atoms with Crippen LogP contribution in [0.3, 0.4) is 0 Å². The molecule has 3 N–H and O–H groups in total. The van der Waals surface area contributed by atoms with E-state index in [0.717, 1.165) is 31.4 Å². The molecule has 4 nitrogen and oxygen atoms in total. The summed E-state index contributed by atoms with van der Waals surface area (Å²) in [6, 6.07) is 3.40. The van der Waals surface area contributed by atoms with Gasteiger partial charge in [-0.05, 0) is 59.4 Å². The Morgan fingerprint density at radius 1 is 1.40 bits per heavy atom. The molecule has 0 aromatic heterocycles. The van der Waals surface area contributed by atoms with Gasteiger partial charge in [-0.3, -0.25) is 0 Å². The van der Waals surface area contributed by atoms with Crippen molar-refractivity contribution in [1.29, 1.82) is 0 Å². The zero-order valence-electron chi connectivity index (χ0n) is 10.7. The van der Waals surface area contributed by atoms with Gasteiger partial charge in [0.1, 0.15) is 5.82 Å². The van der Waals surface area contributed by atoms with E-state index in [1.165, 1.54) is 6.07 Å². The third kappa shape index (κ3) is 3.92. The van der Waals surface area contributed by atoms with E-state index in [1.807, 2.05) is 0 Å². The quantitative estimate of drug-likeness (QED) is 0.833. The van der Waals surface area contributed by atoms with Crippen molar-refractivity contribution in [3.63, 3.8) is 0 Å². The Morgan fingerprint density at radius 3 is 2.70 bits per heavy atom. The summed E-state index contributed by atoms with van der Waals surface area (Å²) < 4.78 is 40.4. The molecule has 1 aromatic carbocycles. The van der Waals surface area contributed by atoms with Gasteiger partial charge < -0.3 is 5.73 Å². The fraction of sp³-hybridized carbons (Fsp3) is 0.500. The van der Waals surface area contributed by atoms with Crippen LogP contribution < -0.4 is 10.5 Å². The van der Waals surface area contributed by atoms with E-state index in [4.69, 9.17) is 5.73 Å². The third-order valence-corrected chi connectivity index (χ3v) is 5.92. The minimum Gasteiger partial charge on any atom is -0.330 e. The van der Waals surface area contributed by atoms with Gasteiger partial charge in [0, 0.05) is 10.5 Å². The van der Waals surface area contributed by atoms with Gasteiger partial charge in [0.2, 0.25) is 10.0 Å². The van der Waals surface area contributed by atoms with Crippen molar-refractivity contribution in [1.82, 2.24) is 4.72 Å². The number of benzene rings is 1. The lowest BCUT2D eigenvalue weighted by Gasteiger charge is -2.19. The Kier molecular flexibility index (Phi) is 6.40. The Hall–Kier alpha value is -0.210. The molecular formula is C12H17BrClFN2O2S. The first kappa shape index (κ1) is 17.8. The van der Waals surface area contributed by atoms with Gasteiger partial charge in [-0.15, -0.1) is 12.4 Å². The van der Waals surface area contributed by atoms with E-state index in [9.17, 15) is 12.8 Å². The van der Waals surface area contributed by atoms with E-state index in [2.05, 4.69) is 20.7 Å². The average Bonchev–Trinajstić information content (AvgIpc) is 2.74. The average molecular weight is 388 g/mol. The first-order chi connectivity index (χ1) is 8.94. The van der Waals surface area contributed by atoms with Crippen LogP contribution in [-0.2, 0) is 10.0 Å². The van der Waals surface area contributed by atoms with Crippen LogP contribution in [0.5, 0.6) is 0 Å². The number of halogens is 3. The maximum absolute atomic E-state index is 13.0. The molecule has 1 saturated carbocycles. The highest BCUT2D eigenvalue weighted by atomic mass is 79.9. The van der Waals surface area contributed by atoms with Crippen LogP contribution in [0.15, 0.2) is 27.6 Å². The molecular weight excluding hydrogens is 371 g/mol. The van der Waals surface area contributed by atoms with Crippen molar-refractivity contribution in [2.45, 2.75) is 30.2 Å². The number of nitrogens with one attached hydrogen (secondary N) is 1. The summed E-state index contributed by atoms with van der Waals surface area (Å²) in [7, 11) is -3.65. The Labute approximate surface area is 132 Å². The topological polar surface area (TPSA) is 72.2 Å². The number of hydrogen-bond acceptors (Lipinski definition) is 3. The predicted octanol–water partition coefficient (Wildman–Crippen LogP) is 2.42. The normalized spacial score (nSPS) is 22.6. The molecule has 8 heteroatoms. The second kappa shape index (κ2) is 7.17. The predicted molar refractivity (Wildman–Crippen MR) is 81.9 cm³/mol. The number of sulfonamides is 1. The second-order valence-electron chi connectivity index (χ2n) is 4.73.